The molecule has 0 spiro atoms. The van der Waals surface area contributed by atoms with Crippen LogP contribution in [0.25, 0.3) is 0 Å². The summed E-state index contributed by atoms with van der Waals surface area (Å²) in [6.45, 7) is 0. The van der Waals surface area contributed by atoms with Crippen molar-refractivity contribution >= 4 is 33.4 Å². The molecule has 2 atom stereocenters. The SMILES string of the molecule is C[S+]([O-])c1ccc(C(Br)C=O)cc1. The third-order valence-corrected chi connectivity index (χ3v) is 3.33. The third kappa shape index (κ3) is 2.83. The van der Waals surface area contributed by atoms with E-state index in [0.717, 1.165) is 16.7 Å². The summed E-state index contributed by atoms with van der Waals surface area (Å²) >= 11 is 2.25. The molecule has 13 heavy (non-hydrogen) atoms. The Morgan fingerprint density at radius 1 is 1.46 bits per heavy atom. The van der Waals surface area contributed by atoms with Gasteiger partial charge in [-0.1, -0.05) is 28.1 Å². The van der Waals surface area contributed by atoms with E-state index >= 15 is 0 Å². The summed E-state index contributed by atoms with van der Waals surface area (Å²) < 4.78 is 11.0. The van der Waals surface area contributed by atoms with Gasteiger partial charge in [0.1, 0.15) is 12.5 Å². The summed E-state index contributed by atoms with van der Waals surface area (Å²) in [5.74, 6) is 0. The van der Waals surface area contributed by atoms with Gasteiger partial charge in [-0.3, -0.25) is 0 Å². The summed E-state index contributed by atoms with van der Waals surface area (Å²) in [4.78, 5) is 10.9. The van der Waals surface area contributed by atoms with E-state index in [0.29, 0.717) is 0 Å². The quantitative estimate of drug-likeness (QED) is 0.474. The highest BCUT2D eigenvalue weighted by Gasteiger charge is 2.07. The summed E-state index contributed by atoms with van der Waals surface area (Å²) in [6.07, 6.45) is 2.44. The number of hydrogen-bond donors (Lipinski definition) is 0. The zero-order valence-electron chi connectivity index (χ0n) is 7.07. The summed E-state index contributed by atoms with van der Waals surface area (Å²) in [7, 11) is 0. The number of benzene rings is 1. The van der Waals surface area contributed by atoms with E-state index in [1.54, 1.807) is 30.5 Å². The maximum absolute atomic E-state index is 11.0. The van der Waals surface area contributed by atoms with Crippen LogP contribution >= 0.6 is 15.9 Å². The smallest absolute Gasteiger partial charge is 0.152 e. The van der Waals surface area contributed by atoms with Gasteiger partial charge in [0.2, 0.25) is 0 Å². The van der Waals surface area contributed by atoms with Crippen molar-refractivity contribution < 1.29 is 9.35 Å². The molecule has 0 aliphatic carbocycles. The number of hydrogen-bond acceptors (Lipinski definition) is 2. The van der Waals surface area contributed by atoms with E-state index in [9.17, 15) is 9.35 Å². The molecule has 0 aliphatic rings. The molecule has 0 saturated heterocycles. The molecule has 0 aliphatic heterocycles. The Morgan fingerprint density at radius 3 is 2.38 bits per heavy atom. The Balaban J connectivity index is 2.87. The van der Waals surface area contributed by atoms with Gasteiger partial charge in [0.05, 0.1) is 4.83 Å². The van der Waals surface area contributed by atoms with Crippen LogP contribution in [-0.4, -0.2) is 17.1 Å². The van der Waals surface area contributed by atoms with Gasteiger partial charge in [0.25, 0.3) is 0 Å². The molecule has 0 aromatic heterocycles. The van der Waals surface area contributed by atoms with Crippen molar-refractivity contribution in [2.75, 3.05) is 6.26 Å². The second-order valence-electron chi connectivity index (χ2n) is 2.56. The highest BCUT2D eigenvalue weighted by Crippen LogP contribution is 2.21. The molecule has 1 aromatic rings. The molecule has 0 heterocycles. The predicted octanol–water partition coefficient (Wildman–Crippen LogP) is 2.06. The molecular formula is C9H9BrO2S. The molecule has 0 bridgehead atoms. The van der Waals surface area contributed by atoms with Gasteiger partial charge in [0, 0.05) is 0 Å². The van der Waals surface area contributed by atoms with Crippen molar-refractivity contribution in [1.29, 1.82) is 0 Å². The predicted molar refractivity (Wildman–Crippen MR) is 56.5 cm³/mol. The van der Waals surface area contributed by atoms with Crippen LogP contribution in [0.2, 0.25) is 0 Å². The first-order valence-corrected chi connectivity index (χ1v) is 6.15. The number of alkyl halides is 1. The lowest BCUT2D eigenvalue weighted by molar-refractivity contribution is -0.107. The summed E-state index contributed by atoms with van der Waals surface area (Å²) in [5, 5.41) is 0. The van der Waals surface area contributed by atoms with Gasteiger partial charge >= 0.3 is 0 Å². The fourth-order valence-corrected chi connectivity index (χ4v) is 1.75. The number of carbonyl (C=O) groups is 1. The molecule has 0 amide bonds. The molecule has 0 saturated carbocycles. The second-order valence-corrected chi connectivity index (χ2v) is 4.93. The van der Waals surface area contributed by atoms with Crippen molar-refractivity contribution in [3.05, 3.63) is 29.8 Å². The summed E-state index contributed by atoms with van der Waals surface area (Å²) in [6, 6.07) is 7.13. The fraction of sp³-hybridized carbons (Fsp3) is 0.222. The van der Waals surface area contributed by atoms with Gasteiger partial charge in [0.15, 0.2) is 4.90 Å². The van der Waals surface area contributed by atoms with Crippen molar-refractivity contribution in [3.8, 4) is 0 Å². The Hall–Kier alpha value is -0.320. The van der Waals surface area contributed by atoms with Crippen LogP contribution in [0.15, 0.2) is 29.2 Å². The van der Waals surface area contributed by atoms with E-state index in [2.05, 4.69) is 15.9 Å². The minimum atomic E-state index is -0.956. The maximum atomic E-state index is 11.0. The normalized spacial score (nSPS) is 15.0. The lowest BCUT2D eigenvalue weighted by Crippen LogP contribution is -1.98. The average molecular weight is 261 g/mol. The Kier molecular flexibility index (Phi) is 3.96. The van der Waals surface area contributed by atoms with Crippen molar-refractivity contribution in [3.63, 3.8) is 0 Å². The van der Waals surface area contributed by atoms with Crippen LogP contribution in [0.3, 0.4) is 0 Å². The van der Waals surface area contributed by atoms with Crippen LogP contribution in [0.4, 0.5) is 0 Å². The summed E-state index contributed by atoms with van der Waals surface area (Å²) in [5.41, 5.74) is 0.879. The molecule has 1 aromatic carbocycles. The first-order chi connectivity index (χ1) is 6.15. The molecule has 2 nitrogen and oxygen atoms in total. The van der Waals surface area contributed by atoms with Gasteiger partial charge in [-0.05, 0) is 28.9 Å². The van der Waals surface area contributed by atoms with E-state index in [4.69, 9.17) is 0 Å². The van der Waals surface area contributed by atoms with Gasteiger partial charge in [-0.25, -0.2) is 0 Å². The molecule has 4 heteroatoms. The van der Waals surface area contributed by atoms with Crippen molar-refractivity contribution in [2.24, 2.45) is 0 Å². The first-order valence-electron chi connectivity index (χ1n) is 3.68. The lowest BCUT2D eigenvalue weighted by Gasteiger charge is -2.05. The number of halogens is 1. The Morgan fingerprint density at radius 2 is 2.00 bits per heavy atom. The lowest BCUT2D eigenvalue weighted by atomic mass is 10.2. The third-order valence-electron chi connectivity index (χ3n) is 1.65. The minimum Gasteiger partial charge on any atom is -0.612 e. The molecule has 2 unspecified atom stereocenters. The van der Waals surface area contributed by atoms with Gasteiger partial charge in [-0.15, -0.1) is 0 Å². The fourth-order valence-electron chi connectivity index (χ4n) is 0.922. The largest absolute Gasteiger partial charge is 0.612 e. The number of carbonyl (C=O) groups excluding carboxylic acids is 1. The number of rotatable bonds is 3. The molecule has 0 radical (unpaired) electrons. The van der Waals surface area contributed by atoms with E-state index in [-0.39, 0.29) is 4.83 Å². The highest BCUT2D eigenvalue weighted by molar-refractivity contribution is 9.09. The average Bonchev–Trinajstić information content (AvgIpc) is 2.17. The van der Waals surface area contributed by atoms with Crippen LogP contribution in [0.5, 0.6) is 0 Å². The topological polar surface area (TPSA) is 40.1 Å². The Labute approximate surface area is 88.6 Å². The molecular weight excluding hydrogens is 252 g/mol. The van der Waals surface area contributed by atoms with Crippen LogP contribution in [0.1, 0.15) is 10.4 Å². The standard InChI is InChI=1S/C9H9BrO2S/c1-13(12)8-4-2-7(3-5-8)9(10)6-11/h2-6,9H,1H3. The monoisotopic (exact) mass is 260 g/mol. The second kappa shape index (κ2) is 4.79. The molecule has 1 rings (SSSR count). The molecule has 70 valence electrons. The first kappa shape index (κ1) is 10.8. The Bertz CT molecular complexity index is 284. The van der Waals surface area contributed by atoms with E-state index < -0.39 is 11.2 Å². The van der Waals surface area contributed by atoms with Crippen LogP contribution in [-0.2, 0) is 16.0 Å². The van der Waals surface area contributed by atoms with E-state index in [1.165, 1.54) is 0 Å². The zero-order valence-corrected chi connectivity index (χ0v) is 9.47. The molecule has 0 fully saturated rings. The van der Waals surface area contributed by atoms with Crippen LogP contribution in [0, 0.1) is 0 Å². The van der Waals surface area contributed by atoms with Gasteiger partial charge < -0.3 is 9.35 Å². The van der Waals surface area contributed by atoms with Crippen LogP contribution < -0.4 is 0 Å². The number of aldehydes is 1. The van der Waals surface area contributed by atoms with Crippen molar-refractivity contribution in [2.45, 2.75) is 9.72 Å². The minimum absolute atomic E-state index is 0.271. The molecule has 0 N–H and O–H groups in total. The van der Waals surface area contributed by atoms with Gasteiger partial charge in [-0.2, -0.15) is 0 Å². The van der Waals surface area contributed by atoms with E-state index in [1.807, 2.05) is 0 Å². The zero-order chi connectivity index (χ0) is 9.84. The maximum Gasteiger partial charge on any atom is 0.152 e. The highest BCUT2D eigenvalue weighted by atomic mass is 79.9. The van der Waals surface area contributed by atoms with Crippen molar-refractivity contribution in [1.82, 2.24) is 0 Å².